The number of H-pyrrole nitrogens is 1. The summed E-state index contributed by atoms with van der Waals surface area (Å²) in [5, 5.41) is 13.5. The predicted octanol–water partition coefficient (Wildman–Crippen LogP) is 1.37. The van der Waals surface area contributed by atoms with Crippen molar-refractivity contribution >= 4 is 5.91 Å². The molecule has 19 heavy (non-hydrogen) atoms. The summed E-state index contributed by atoms with van der Waals surface area (Å²) >= 11 is 0. The SMILES string of the molecule is CC1(CNC(=O)c2n[nH]c3c2CNCC3)CCCC1. The summed E-state index contributed by atoms with van der Waals surface area (Å²) in [5.41, 5.74) is 3.00. The molecule has 1 amide bonds. The second kappa shape index (κ2) is 4.96. The van der Waals surface area contributed by atoms with Gasteiger partial charge in [-0.05, 0) is 18.3 Å². The minimum Gasteiger partial charge on any atom is -0.350 e. The molecular formula is C14H22N4O. The van der Waals surface area contributed by atoms with Gasteiger partial charge in [-0.1, -0.05) is 19.8 Å². The number of aromatic amines is 1. The van der Waals surface area contributed by atoms with Crippen LogP contribution < -0.4 is 10.6 Å². The lowest BCUT2D eigenvalue weighted by Crippen LogP contribution is -2.35. The van der Waals surface area contributed by atoms with Gasteiger partial charge in [-0.3, -0.25) is 9.89 Å². The van der Waals surface area contributed by atoms with Crippen LogP contribution in [0.25, 0.3) is 0 Å². The van der Waals surface area contributed by atoms with Gasteiger partial charge in [0.25, 0.3) is 5.91 Å². The Bertz CT molecular complexity index is 474. The third-order valence-electron chi connectivity index (χ3n) is 4.51. The van der Waals surface area contributed by atoms with E-state index in [0.29, 0.717) is 5.69 Å². The maximum Gasteiger partial charge on any atom is 0.272 e. The molecule has 1 aliphatic carbocycles. The van der Waals surface area contributed by atoms with Crippen molar-refractivity contribution in [3.8, 4) is 0 Å². The molecule has 0 radical (unpaired) electrons. The zero-order valence-electron chi connectivity index (χ0n) is 11.5. The van der Waals surface area contributed by atoms with Crippen molar-refractivity contribution in [2.24, 2.45) is 5.41 Å². The van der Waals surface area contributed by atoms with Crippen molar-refractivity contribution in [3.05, 3.63) is 17.0 Å². The Morgan fingerprint density at radius 3 is 3.00 bits per heavy atom. The van der Waals surface area contributed by atoms with E-state index in [0.717, 1.165) is 37.3 Å². The first-order valence-corrected chi connectivity index (χ1v) is 7.23. The smallest absolute Gasteiger partial charge is 0.272 e. The molecule has 5 nitrogen and oxygen atoms in total. The van der Waals surface area contributed by atoms with Gasteiger partial charge >= 0.3 is 0 Å². The third-order valence-corrected chi connectivity index (χ3v) is 4.51. The molecule has 2 aliphatic rings. The lowest BCUT2D eigenvalue weighted by molar-refractivity contribution is 0.0928. The highest BCUT2D eigenvalue weighted by Gasteiger charge is 2.30. The Morgan fingerprint density at radius 1 is 1.42 bits per heavy atom. The molecule has 3 N–H and O–H groups in total. The van der Waals surface area contributed by atoms with E-state index in [1.807, 2.05) is 0 Å². The maximum absolute atomic E-state index is 12.3. The number of fused-ring (bicyclic) bond motifs is 1. The molecule has 3 rings (SSSR count). The van der Waals surface area contributed by atoms with Gasteiger partial charge in [0.15, 0.2) is 5.69 Å². The summed E-state index contributed by atoms with van der Waals surface area (Å²) < 4.78 is 0. The van der Waals surface area contributed by atoms with E-state index in [-0.39, 0.29) is 11.3 Å². The average molecular weight is 262 g/mol. The van der Waals surface area contributed by atoms with Crippen LogP contribution >= 0.6 is 0 Å². The van der Waals surface area contributed by atoms with Gasteiger partial charge in [0.1, 0.15) is 0 Å². The Balaban J connectivity index is 1.65. The van der Waals surface area contributed by atoms with E-state index in [1.54, 1.807) is 0 Å². The summed E-state index contributed by atoms with van der Waals surface area (Å²) in [6.45, 7) is 4.73. The lowest BCUT2D eigenvalue weighted by atomic mass is 9.89. The van der Waals surface area contributed by atoms with Crippen LogP contribution in [0.2, 0.25) is 0 Å². The van der Waals surface area contributed by atoms with Crippen LogP contribution in [0.3, 0.4) is 0 Å². The molecule has 1 fully saturated rings. The fraction of sp³-hybridized carbons (Fsp3) is 0.714. The van der Waals surface area contributed by atoms with Gasteiger partial charge in [-0.25, -0.2) is 0 Å². The fourth-order valence-electron chi connectivity index (χ4n) is 3.20. The van der Waals surface area contributed by atoms with E-state index >= 15 is 0 Å². The topological polar surface area (TPSA) is 69.8 Å². The second-order valence-corrected chi connectivity index (χ2v) is 6.16. The van der Waals surface area contributed by atoms with Crippen molar-refractivity contribution in [2.75, 3.05) is 13.1 Å². The van der Waals surface area contributed by atoms with Crippen molar-refractivity contribution in [1.82, 2.24) is 20.8 Å². The van der Waals surface area contributed by atoms with Crippen LogP contribution in [0.1, 0.15) is 54.4 Å². The van der Waals surface area contributed by atoms with E-state index in [4.69, 9.17) is 0 Å². The number of carbonyl (C=O) groups is 1. The first-order chi connectivity index (χ1) is 9.18. The van der Waals surface area contributed by atoms with Crippen molar-refractivity contribution in [3.63, 3.8) is 0 Å². The van der Waals surface area contributed by atoms with Gasteiger partial charge in [0.05, 0.1) is 0 Å². The molecule has 0 aromatic carbocycles. The van der Waals surface area contributed by atoms with Crippen LogP contribution in [0.4, 0.5) is 0 Å². The Kier molecular flexibility index (Phi) is 3.31. The zero-order chi connectivity index (χ0) is 13.3. The minimum absolute atomic E-state index is 0.0330. The average Bonchev–Trinajstić information content (AvgIpc) is 3.03. The molecule has 2 heterocycles. The highest BCUT2D eigenvalue weighted by Crippen LogP contribution is 2.36. The number of rotatable bonds is 3. The normalized spacial score (nSPS) is 21.1. The monoisotopic (exact) mass is 262 g/mol. The summed E-state index contributed by atoms with van der Waals surface area (Å²) in [6.07, 6.45) is 5.93. The van der Waals surface area contributed by atoms with Crippen LogP contribution in [0.5, 0.6) is 0 Å². The predicted molar refractivity (Wildman–Crippen MR) is 72.9 cm³/mol. The van der Waals surface area contributed by atoms with Crippen LogP contribution in [-0.4, -0.2) is 29.2 Å². The van der Waals surface area contributed by atoms with Crippen LogP contribution in [0.15, 0.2) is 0 Å². The highest BCUT2D eigenvalue weighted by molar-refractivity contribution is 5.94. The van der Waals surface area contributed by atoms with Crippen molar-refractivity contribution in [1.29, 1.82) is 0 Å². The molecule has 5 heteroatoms. The zero-order valence-corrected chi connectivity index (χ0v) is 11.5. The van der Waals surface area contributed by atoms with Gasteiger partial charge in [0, 0.05) is 37.3 Å². The van der Waals surface area contributed by atoms with Crippen LogP contribution in [0, 0.1) is 5.41 Å². The number of nitrogens with one attached hydrogen (secondary N) is 3. The summed E-state index contributed by atoms with van der Waals surface area (Å²) in [6, 6.07) is 0. The molecule has 0 saturated heterocycles. The first kappa shape index (κ1) is 12.7. The van der Waals surface area contributed by atoms with E-state index in [2.05, 4.69) is 27.8 Å². The standard InChI is InChI=1S/C14H22N4O/c1-14(5-2-3-6-14)9-16-13(19)12-10-8-15-7-4-11(10)17-18-12/h15H,2-9H2,1H3,(H,16,19)(H,17,18). The summed E-state index contributed by atoms with van der Waals surface area (Å²) in [4.78, 5) is 12.3. The van der Waals surface area contributed by atoms with Gasteiger partial charge < -0.3 is 10.6 Å². The number of carbonyl (C=O) groups excluding carboxylic acids is 1. The minimum atomic E-state index is -0.0330. The number of hydrogen-bond donors (Lipinski definition) is 3. The summed E-state index contributed by atoms with van der Waals surface area (Å²) in [5.74, 6) is -0.0330. The Morgan fingerprint density at radius 2 is 2.21 bits per heavy atom. The fourth-order valence-corrected chi connectivity index (χ4v) is 3.20. The van der Waals surface area contributed by atoms with Gasteiger partial charge in [0.2, 0.25) is 0 Å². The van der Waals surface area contributed by atoms with Gasteiger partial charge in [-0.2, -0.15) is 5.10 Å². The quantitative estimate of drug-likeness (QED) is 0.770. The molecule has 1 saturated carbocycles. The molecule has 0 bridgehead atoms. The lowest BCUT2D eigenvalue weighted by Gasteiger charge is -2.23. The van der Waals surface area contributed by atoms with Gasteiger partial charge in [-0.15, -0.1) is 0 Å². The number of nitrogens with zero attached hydrogens (tertiary/aromatic N) is 1. The number of aromatic nitrogens is 2. The maximum atomic E-state index is 12.3. The molecule has 0 atom stereocenters. The molecule has 0 unspecified atom stereocenters. The number of hydrogen-bond acceptors (Lipinski definition) is 3. The Labute approximate surface area is 113 Å². The largest absolute Gasteiger partial charge is 0.350 e. The van der Waals surface area contributed by atoms with Crippen LogP contribution in [-0.2, 0) is 13.0 Å². The molecule has 1 aliphatic heterocycles. The molecule has 1 aromatic rings. The highest BCUT2D eigenvalue weighted by atomic mass is 16.1. The van der Waals surface area contributed by atoms with Crippen molar-refractivity contribution < 1.29 is 4.79 Å². The molecular weight excluding hydrogens is 240 g/mol. The first-order valence-electron chi connectivity index (χ1n) is 7.23. The Hall–Kier alpha value is -1.36. The van der Waals surface area contributed by atoms with E-state index in [1.165, 1.54) is 25.7 Å². The molecule has 104 valence electrons. The molecule has 1 aromatic heterocycles. The second-order valence-electron chi connectivity index (χ2n) is 6.16. The van der Waals surface area contributed by atoms with E-state index in [9.17, 15) is 4.79 Å². The summed E-state index contributed by atoms with van der Waals surface area (Å²) in [7, 11) is 0. The molecule has 0 spiro atoms. The number of amides is 1. The van der Waals surface area contributed by atoms with E-state index < -0.39 is 0 Å². The van der Waals surface area contributed by atoms with Crippen molar-refractivity contribution in [2.45, 2.75) is 45.6 Å². The third kappa shape index (κ3) is 2.52.